The lowest BCUT2D eigenvalue weighted by atomic mass is 10.3. The molecule has 2 rings (SSSR count). The third kappa shape index (κ3) is 4.95. The van der Waals surface area contributed by atoms with Crippen molar-refractivity contribution >= 4 is 54.8 Å². The standard InChI is InChI=1S/C15H14BrClN2O3S/c1-23(21,22)19(12-6-4-5-11(17)9-12)10-15(20)18-14-8-3-2-7-13(14)16/h2-9H,10H2,1H3,(H,18,20). The first-order valence-corrected chi connectivity index (χ1v) is 9.57. The van der Waals surface area contributed by atoms with Crippen molar-refractivity contribution in [1.29, 1.82) is 0 Å². The van der Waals surface area contributed by atoms with Crippen LogP contribution in [0.5, 0.6) is 0 Å². The van der Waals surface area contributed by atoms with Gasteiger partial charge in [0.2, 0.25) is 15.9 Å². The first kappa shape index (κ1) is 17.8. The molecule has 0 spiro atoms. The highest BCUT2D eigenvalue weighted by molar-refractivity contribution is 9.10. The van der Waals surface area contributed by atoms with Crippen molar-refractivity contribution in [1.82, 2.24) is 0 Å². The summed E-state index contributed by atoms with van der Waals surface area (Å²) in [6, 6.07) is 13.4. The minimum atomic E-state index is -3.63. The molecule has 1 N–H and O–H groups in total. The second kappa shape index (κ2) is 7.33. The Morgan fingerprint density at radius 3 is 2.52 bits per heavy atom. The number of hydrogen-bond donors (Lipinski definition) is 1. The summed E-state index contributed by atoms with van der Waals surface area (Å²) in [5.74, 6) is -0.456. The summed E-state index contributed by atoms with van der Waals surface area (Å²) in [4.78, 5) is 12.2. The Morgan fingerprint density at radius 2 is 1.91 bits per heavy atom. The second-order valence-corrected chi connectivity index (χ2v) is 7.98. The number of benzene rings is 2. The van der Waals surface area contributed by atoms with Crippen molar-refractivity contribution in [3.8, 4) is 0 Å². The largest absolute Gasteiger partial charge is 0.323 e. The number of anilines is 2. The van der Waals surface area contributed by atoms with Gasteiger partial charge in [0.15, 0.2) is 0 Å². The van der Waals surface area contributed by atoms with Crippen LogP contribution in [0.25, 0.3) is 0 Å². The fraction of sp³-hybridized carbons (Fsp3) is 0.133. The van der Waals surface area contributed by atoms with E-state index < -0.39 is 15.9 Å². The average molecular weight is 418 g/mol. The molecule has 1 amide bonds. The van der Waals surface area contributed by atoms with Gasteiger partial charge in [-0.15, -0.1) is 0 Å². The summed E-state index contributed by atoms with van der Waals surface area (Å²) < 4.78 is 25.7. The zero-order valence-corrected chi connectivity index (χ0v) is 15.3. The van der Waals surface area contributed by atoms with Crippen LogP contribution in [-0.4, -0.2) is 27.1 Å². The molecule has 0 saturated heterocycles. The van der Waals surface area contributed by atoms with Crippen LogP contribution in [0.15, 0.2) is 53.0 Å². The first-order valence-electron chi connectivity index (χ1n) is 6.55. The van der Waals surface area contributed by atoms with E-state index in [1.165, 1.54) is 6.07 Å². The fourth-order valence-electron chi connectivity index (χ4n) is 1.91. The quantitative estimate of drug-likeness (QED) is 0.809. The molecule has 0 aromatic heterocycles. The normalized spacial score (nSPS) is 11.1. The van der Waals surface area contributed by atoms with Crippen LogP contribution >= 0.6 is 27.5 Å². The number of nitrogens with zero attached hydrogens (tertiary/aromatic N) is 1. The Morgan fingerprint density at radius 1 is 1.22 bits per heavy atom. The van der Waals surface area contributed by atoms with Gasteiger partial charge in [0.05, 0.1) is 17.6 Å². The van der Waals surface area contributed by atoms with E-state index >= 15 is 0 Å². The Kier molecular flexibility index (Phi) is 5.67. The molecule has 2 aromatic carbocycles. The van der Waals surface area contributed by atoms with Crippen LogP contribution in [0.4, 0.5) is 11.4 Å². The maximum absolute atomic E-state index is 12.2. The van der Waals surface area contributed by atoms with Crippen molar-refractivity contribution in [3.05, 3.63) is 58.0 Å². The van der Waals surface area contributed by atoms with Crippen LogP contribution in [0.1, 0.15) is 0 Å². The first-order chi connectivity index (χ1) is 10.8. The predicted octanol–water partition coefficient (Wildman–Crippen LogP) is 3.51. The topological polar surface area (TPSA) is 66.5 Å². The van der Waals surface area contributed by atoms with E-state index in [2.05, 4.69) is 21.2 Å². The molecule has 0 heterocycles. The number of amides is 1. The zero-order chi connectivity index (χ0) is 17.0. The van der Waals surface area contributed by atoms with E-state index in [0.717, 1.165) is 10.6 Å². The van der Waals surface area contributed by atoms with Crippen molar-refractivity contribution in [2.75, 3.05) is 22.4 Å². The summed E-state index contributed by atoms with van der Waals surface area (Å²) in [5.41, 5.74) is 0.902. The molecule has 0 atom stereocenters. The molecule has 8 heteroatoms. The summed E-state index contributed by atoms with van der Waals surface area (Å²) in [7, 11) is -3.63. The Labute approximate surface area is 148 Å². The van der Waals surface area contributed by atoms with E-state index in [1.807, 2.05) is 6.07 Å². The summed E-state index contributed by atoms with van der Waals surface area (Å²) in [6.07, 6.45) is 1.04. The van der Waals surface area contributed by atoms with Gasteiger partial charge >= 0.3 is 0 Å². The van der Waals surface area contributed by atoms with Crippen molar-refractivity contribution < 1.29 is 13.2 Å². The number of rotatable bonds is 5. The molecule has 122 valence electrons. The molecular formula is C15H14BrClN2O3S. The van der Waals surface area contributed by atoms with Gasteiger partial charge in [-0.1, -0.05) is 29.8 Å². The number of halogens is 2. The molecule has 23 heavy (non-hydrogen) atoms. The number of nitrogens with one attached hydrogen (secondary N) is 1. The number of para-hydroxylation sites is 1. The molecular weight excluding hydrogens is 404 g/mol. The summed E-state index contributed by atoms with van der Waals surface area (Å²) in [5, 5.41) is 3.06. The molecule has 0 aliphatic carbocycles. The van der Waals surface area contributed by atoms with E-state index in [4.69, 9.17) is 11.6 Å². The second-order valence-electron chi connectivity index (χ2n) is 4.78. The molecule has 2 aromatic rings. The van der Waals surface area contributed by atoms with Crippen LogP contribution in [0.3, 0.4) is 0 Å². The summed E-state index contributed by atoms with van der Waals surface area (Å²) in [6.45, 7) is -0.347. The minimum Gasteiger partial charge on any atom is -0.323 e. The molecule has 0 aliphatic rings. The predicted molar refractivity (Wildman–Crippen MR) is 96.4 cm³/mol. The number of sulfonamides is 1. The zero-order valence-electron chi connectivity index (χ0n) is 12.2. The SMILES string of the molecule is CS(=O)(=O)N(CC(=O)Nc1ccccc1Br)c1cccc(Cl)c1. The van der Waals surface area contributed by atoms with Gasteiger partial charge < -0.3 is 5.32 Å². The maximum Gasteiger partial charge on any atom is 0.245 e. The average Bonchev–Trinajstić information content (AvgIpc) is 2.46. The van der Waals surface area contributed by atoms with E-state index in [1.54, 1.807) is 36.4 Å². The van der Waals surface area contributed by atoms with Gasteiger partial charge in [0.1, 0.15) is 6.54 Å². The highest BCUT2D eigenvalue weighted by atomic mass is 79.9. The van der Waals surface area contributed by atoms with E-state index in [-0.39, 0.29) is 6.54 Å². The van der Waals surface area contributed by atoms with E-state index in [0.29, 0.717) is 20.9 Å². The van der Waals surface area contributed by atoms with Gasteiger partial charge in [-0.05, 0) is 46.3 Å². The van der Waals surface area contributed by atoms with Gasteiger partial charge in [-0.25, -0.2) is 8.42 Å². The molecule has 0 unspecified atom stereocenters. The van der Waals surface area contributed by atoms with Crippen LogP contribution < -0.4 is 9.62 Å². The Hall–Kier alpha value is -1.57. The van der Waals surface area contributed by atoms with Gasteiger partial charge in [-0.2, -0.15) is 0 Å². The van der Waals surface area contributed by atoms with Crippen molar-refractivity contribution in [3.63, 3.8) is 0 Å². The lowest BCUT2D eigenvalue weighted by Crippen LogP contribution is -2.37. The van der Waals surface area contributed by atoms with Gasteiger partial charge in [0, 0.05) is 9.50 Å². The Balaban J connectivity index is 2.22. The molecule has 0 fully saturated rings. The molecule has 0 saturated carbocycles. The molecule has 0 aliphatic heterocycles. The molecule has 5 nitrogen and oxygen atoms in total. The fourth-order valence-corrected chi connectivity index (χ4v) is 3.33. The summed E-state index contributed by atoms with van der Waals surface area (Å²) >= 11 is 9.22. The number of carbonyl (C=O) groups is 1. The smallest absolute Gasteiger partial charge is 0.245 e. The lowest BCUT2D eigenvalue weighted by Gasteiger charge is -2.22. The maximum atomic E-state index is 12.2. The molecule has 0 radical (unpaired) electrons. The van der Waals surface area contributed by atoms with Crippen LogP contribution in [-0.2, 0) is 14.8 Å². The lowest BCUT2D eigenvalue weighted by molar-refractivity contribution is -0.114. The third-order valence-electron chi connectivity index (χ3n) is 2.93. The Bertz CT molecular complexity index is 827. The van der Waals surface area contributed by atoms with Crippen molar-refractivity contribution in [2.45, 2.75) is 0 Å². The number of hydrogen-bond acceptors (Lipinski definition) is 3. The van der Waals surface area contributed by atoms with Gasteiger partial charge in [-0.3, -0.25) is 9.10 Å². The third-order valence-corrected chi connectivity index (χ3v) is 5.00. The highest BCUT2D eigenvalue weighted by Gasteiger charge is 2.21. The highest BCUT2D eigenvalue weighted by Crippen LogP contribution is 2.23. The van der Waals surface area contributed by atoms with Crippen molar-refractivity contribution in [2.24, 2.45) is 0 Å². The number of carbonyl (C=O) groups excluding carboxylic acids is 1. The van der Waals surface area contributed by atoms with Gasteiger partial charge in [0.25, 0.3) is 0 Å². The van der Waals surface area contributed by atoms with E-state index in [9.17, 15) is 13.2 Å². The van der Waals surface area contributed by atoms with Crippen LogP contribution in [0.2, 0.25) is 5.02 Å². The monoisotopic (exact) mass is 416 g/mol. The molecule has 0 bridgehead atoms. The minimum absolute atomic E-state index is 0.335. The van der Waals surface area contributed by atoms with Crippen LogP contribution in [0, 0.1) is 0 Å².